The molecule has 2 rings (SSSR count). The third-order valence-corrected chi connectivity index (χ3v) is 4.01. The van der Waals surface area contributed by atoms with Crippen LogP contribution < -0.4 is 19.5 Å². The van der Waals surface area contributed by atoms with E-state index in [0.29, 0.717) is 19.6 Å². The molecule has 0 bridgehead atoms. The lowest BCUT2D eigenvalue weighted by atomic mass is 10.1. The Balaban J connectivity index is 1.80. The largest absolute Gasteiger partial charge is 0.497 e. The molecule has 0 saturated carbocycles. The van der Waals surface area contributed by atoms with E-state index in [0.717, 1.165) is 28.4 Å². The van der Waals surface area contributed by atoms with E-state index in [1.54, 1.807) is 7.11 Å². The Bertz CT molecular complexity index is 712. The van der Waals surface area contributed by atoms with Crippen molar-refractivity contribution in [2.75, 3.05) is 20.3 Å². The minimum atomic E-state index is -0.517. The monoisotopic (exact) mass is 357 g/mol. The third-order valence-electron chi connectivity index (χ3n) is 4.01. The van der Waals surface area contributed by atoms with Gasteiger partial charge in [-0.25, -0.2) is 0 Å². The van der Waals surface area contributed by atoms with Crippen molar-refractivity contribution in [3.63, 3.8) is 0 Å². The summed E-state index contributed by atoms with van der Waals surface area (Å²) < 4.78 is 16.6. The molecule has 0 heterocycles. The van der Waals surface area contributed by atoms with E-state index >= 15 is 0 Å². The molecule has 2 aromatic carbocycles. The number of nitrogens with one attached hydrogen (secondary N) is 1. The van der Waals surface area contributed by atoms with E-state index < -0.39 is 6.10 Å². The highest BCUT2D eigenvalue weighted by Crippen LogP contribution is 2.21. The van der Waals surface area contributed by atoms with Gasteiger partial charge in [0.05, 0.1) is 13.7 Å². The van der Waals surface area contributed by atoms with Gasteiger partial charge in [-0.1, -0.05) is 19.1 Å². The van der Waals surface area contributed by atoms with Crippen molar-refractivity contribution in [2.45, 2.75) is 33.3 Å². The molecule has 0 aromatic heterocycles. The summed E-state index contributed by atoms with van der Waals surface area (Å²) in [5, 5.41) is 2.87. The van der Waals surface area contributed by atoms with Gasteiger partial charge in [0.25, 0.3) is 5.91 Å². The maximum Gasteiger partial charge on any atom is 0.261 e. The minimum Gasteiger partial charge on any atom is -0.497 e. The van der Waals surface area contributed by atoms with Gasteiger partial charge in [-0.3, -0.25) is 4.79 Å². The first kappa shape index (κ1) is 19.6. The van der Waals surface area contributed by atoms with Crippen molar-refractivity contribution in [2.24, 2.45) is 0 Å². The molecular formula is C21H27NO4. The first-order valence-electron chi connectivity index (χ1n) is 8.82. The summed E-state index contributed by atoms with van der Waals surface area (Å²) in [6.45, 7) is 6.71. The van der Waals surface area contributed by atoms with E-state index in [2.05, 4.69) is 5.32 Å². The lowest BCUT2D eigenvalue weighted by molar-refractivity contribution is -0.128. The van der Waals surface area contributed by atoms with E-state index in [1.807, 2.05) is 63.2 Å². The second-order valence-corrected chi connectivity index (χ2v) is 6.10. The maximum absolute atomic E-state index is 12.4. The number of methoxy groups -OCH3 is 1. The van der Waals surface area contributed by atoms with Crippen molar-refractivity contribution in [1.82, 2.24) is 5.32 Å². The van der Waals surface area contributed by atoms with Gasteiger partial charge in [0.2, 0.25) is 0 Å². The van der Waals surface area contributed by atoms with Crippen LogP contribution in [-0.2, 0) is 4.79 Å². The standard InChI is InChI=1S/C21H27NO4/c1-5-19(26-20-14-15(2)6-7-16(20)3)21(23)22-12-13-25-18-10-8-17(24-4)9-11-18/h6-11,14,19H,5,12-13H2,1-4H3,(H,22,23)/t19-/m1/s1. The molecule has 0 spiro atoms. The number of hydrogen-bond donors (Lipinski definition) is 1. The highest BCUT2D eigenvalue weighted by molar-refractivity contribution is 5.81. The zero-order chi connectivity index (χ0) is 18.9. The number of amides is 1. The summed E-state index contributed by atoms with van der Waals surface area (Å²) >= 11 is 0. The fraction of sp³-hybridized carbons (Fsp3) is 0.381. The number of benzene rings is 2. The highest BCUT2D eigenvalue weighted by Gasteiger charge is 2.18. The van der Waals surface area contributed by atoms with Crippen molar-refractivity contribution in [3.8, 4) is 17.2 Å². The summed E-state index contributed by atoms with van der Waals surface area (Å²) in [4.78, 5) is 12.4. The molecule has 0 unspecified atom stereocenters. The average Bonchev–Trinajstić information content (AvgIpc) is 2.66. The molecule has 5 nitrogen and oxygen atoms in total. The second-order valence-electron chi connectivity index (χ2n) is 6.10. The summed E-state index contributed by atoms with van der Waals surface area (Å²) in [5.41, 5.74) is 2.12. The van der Waals surface area contributed by atoms with Crippen molar-refractivity contribution < 1.29 is 19.0 Å². The van der Waals surface area contributed by atoms with Gasteiger partial charge < -0.3 is 19.5 Å². The molecule has 2 aromatic rings. The molecule has 5 heteroatoms. The van der Waals surface area contributed by atoms with Crippen LogP contribution in [0, 0.1) is 13.8 Å². The Morgan fingerprint density at radius 3 is 2.42 bits per heavy atom. The molecule has 1 atom stereocenters. The minimum absolute atomic E-state index is 0.133. The first-order chi connectivity index (χ1) is 12.5. The van der Waals surface area contributed by atoms with Gasteiger partial charge in [0.15, 0.2) is 6.10 Å². The summed E-state index contributed by atoms with van der Waals surface area (Å²) in [6.07, 6.45) is 0.0786. The maximum atomic E-state index is 12.4. The molecule has 26 heavy (non-hydrogen) atoms. The SMILES string of the molecule is CC[C@@H](Oc1cc(C)ccc1C)C(=O)NCCOc1ccc(OC)cc1. The van der Waals surface area contributed by atoms with Crippen LogP contribution in [0.15, 0.2) is 42.5 Å². The van der Waals surface area contributed by atoms with Crippen LogP contribution in [-0.4, -0.2) is 32.3 Å². The molecule has 1 N–H and O–H groups in total. The molecule has 0 aliphatic carbocycles. The fourth-order valence-electron chi connectivity index (χ4n) is 2.44. The van der Waals surface area contributed by atoms with Gasteiger partial charge in [0, 0.05) is 0 Å². The zero-order valence-corrected chi connectivity index (χ0v) is 15.9. The van der Waals surface area contributed by atoms with Crippen LogP contribution >= 0.6 is 0 Å². The Labute approximate surface area is 155 Å². The van der Waals surface area contributed by atoms with Crippen LogP contribution in [0.1, 0.15) is 24.5 Å². The van der Waals surface area contributed by atoms with Crippen molar-refractivity contribution >= 4 is 5.91 Å². The predicted molar refractivity (Wildman–Crippen MR) is 102 cm³/mol. The summed E-state index contributed by atoms with van der Waals surface area (Å²) in [6, 6.07) is 13.3. The van der Waals surface area contributed by atoms with Crippen LogP contribution in [0.5, 0.6) is 17.2 Å². The number of aryl methyl sites for hydroxylation is 2. The van der Waals surface area contributed by atoms with Gasteiger partial charge in [-0.05, 0) is 61.7 Å². The van der Waals surface area contributed by atoms with Gasteiger partial charge in [0.1, 0.15) is 23.9 Å². The Hall–Kier alpha value is -2.69. The van der Waals surface area contributed by atoms with E-state index in [1.165, 1.54) is 0 Å². The number of rotatable bonds is 9. The molecule has 1 amide bonds. The Morgan fingerprint density at radius 1 is 1.08 bits per heavy atom. The summed E-state index contributed by atoms with van der Waals surface area (Å²) in [5.74, 6) is 2.13. The van der Waals surface area contributed by atoms with Crippen LogP contribution in [0.2, 0.25) is 0 Å². The third kappa shape index (κ3) is 5.69. The fourth-order valence-corrected chi connectivity index (χ4v) is 2.44. The van der Waals surface area contributed by atoms with E-state index in [9.17, 15) is 4.79 Å². The molecule has 0 radical (unpaired) electrons. The average molecular weight is 357 g/mol. The van der Waals surface area contributed by atoms with Gasteiger partial charge >= 0.3 is 0 Å². The topological polar surface area (TPSA) is 56.8 Å². The number of carbonyl (C=O) groups is 1. The Morgan fingerprint density at radius 2 is 1.77 bits per heavy atom. The highest BCUT2D eigenvalue weighted by atomic mass is 16.5. The van der Waals surface area contributed by atoms with Gasteiger partial charge in [-0.15, -0.1) is 0 Å². The summed E-state index contributed by atoms with van der Waals surface area (Å²) in [7, 11) is 1.62. The smallest absolute Gasteiger partial charge is 0.261 e. The number of ether oxygens (including phenoxy) is 3. The molecule has 140 valence electrons. The first-order valence-corrected chi connectivity index (χ1v) is 8.82. The number of hydrogen-bond acceptors (Lipinski definition) is 4. The van der Waals surface area contributed by atoms with E-state index in [4.69, 9.17) is 14.2 Å². The number of carbonyl (C=O) groups excluding carboxylic acids is 1. The van der Waals surface area contributed by atoms with Crippen molar-refractivity contribution in [1.29, 1.82) is 0 Å². The van der Waals surface area contributed by atoms with Crippen LogP contribution in [0.25, 0.3) is 0 Å². The molecule has 0 fully saturated rings. The quantitative estimate of drug-likeness (QED) is 0.696. The normalized spacial score (nSPS) is 11.5. The van der Waals surface area contributed by atoms with Crippen LogP contribution in [0.3, 0.4) is 0 Å². The molecule has 0 aliphatic heterocycles. The molecule has 0 saturated heterocycles. The van der Waals surface area contributed by atoms with Gasteiger partial charge in [-0.2, -0.15) is 0 Å². The second kappa shape index (κ2) is 9.70. The lowest BCUT2D eigenvalue weighted by Crippen LogP contribution is -2.39. The Kier molecular flexibility index (Phi) is 7.33. The zero-order valence-electron chi connectivity index (χ0n) is 15.9. The molecular weight excluding hydrogens is 330 g/mol. The molecule has 0 aliphatic rings. The van der Waals surface area contributed by atoms with Crippen LogP contribution in [0.4, 0.5) is 0 Å². The predicted octanol–water partition coefficient (Wildman–Crippen LogP) is 3.66. The van der Waals surface area contributed by atoms with E-state index in [-0.39, 0.29) is 5.91 Å². The van der Waals surface area contributed by atoms with Crippen molar-refractivity contribution in [3.05, 3.63) is 53.6 Å². The lowest BCUT2D eigenvalue weighted by Gasteiger charge is -2.19.